The molecule has 0 aromatic heterocycles. The maximum absolute atomic E-state index is 9.53. The molecule has 0 N–H and O–H groups in total. The van der Waals surface area contributed by atoms with E-state index >= 15 is 0 Å². The van der Waals surface area contributed by atoms with E-state index in [0.717, 1.165) is 13.1 Å². The summed E-state index contributed by atoms with van der Waals surface area (Å²) in [6.45, 7) is 0. The van der Waals surface area contributed by atoms with E-state index in [1.54, 1.807) is 0 Å². The van der Waals surface area contributed by atoms with Crippen LogP contribution in [0.15, 0.2) is 0 Å². The molecule has 0 heterocycles. The Balaban J connectivity index is 0. The van der Waals surface area contributed by atoms with Crippen molar-refractivity contribution in [3.63, 3.8) is 0 Å². The summed E-state index contributed by atoms with van der Waals surface area (Å²) in [7, 11) is 9.34. The molecular weight excluding hydrogens is 236 g/mol. The fourth-order valence-corrected chi connectivity index (χ4v) is 0. The first-order valence-electron chi connectivity index (χ1n) is 0.456. The van der Waals surface area contributed by atoms with Crippen LogP contribution in [0.3, 0.4) is 0 Å². The van der Waals surface area contributed by atoms with E-state index in [1.807, 2.05) is 0 Å². The van der Waals surface area contributed by atoms with E-state index in [2.05, 4.69) is 20.2 Å². The zero-order valence-corrected chi connectivity index (χ0v) is 5.51. The second kappa shape index (κ2) is 16.1. The normalized spacial score (nSPS) is 7.33. The van der Waals surface area contributed by atoms with Gasteiger partial charge in [-0.25, -0.2) is 0 Å². The summed E-state index contributed by atoms with van der Waals surface area (Å²) in [6.07, 6.45) is 0. The summed E-state index contributed by atoms with van der Waals surface area (Å²) in [5.74, 6) is 0. The van der Waals surface area contributed by atoms with Gasteiger partial charge in [0.1, 0.15) is 0 Å². The van der Waals surface area contributed by atoms with Crippen molar-refractivity contribution in [2.75, 3.05) is 0 Å². The van der Waals surface area contributed by atoms with Crippen molar-refractivity contribution < 1.29 is 36.1 Å². The molecule has 0 saturated heterocycles. The molecule has 0 aliphatic heterocycles. The van der Waals surface area contributed by atoms with Crippen LogP contribution in [-0.4, -0.2) is 0 Å². The fourth-order valence-electron chi connectivity index (χ4n) is 0. The van der Waals surface area contributed by atoms with Crippen LogP contribution < -0.4 is 0 Å². The quantitative estimate of drug-likeness (QED) is 0.565. The number of rotatable bonds is 0. The first-order valence-corrected chi connectivity index (χ1v) is 3.76. The molecule has 0 aliphatic rings. The number of hydrogen-bond acceptors (Lipinski definition) is 0. The zero-order valence-electron chi connectivity index (χ0n) is 2.11. The van der Waals surface area contributed by atoms with Gasteiger partial charge in [0.2, 0.25) is 0 Å². The first kappa shape index (κ1) is 10.5. The van der Waals surface area contributed by atoms with Crippen molar-refractivity contribution in [3.8, 4) is 0 Å². The summed E-state index contributed by atoms with van der Waals surface area (Å²) in [5, 5.41) is 0. The van der Waals surface area contributed by atoms with Gasteiger partial charge < -0.3 is 0 Å². The standard InChI is InChI=1S/2ClH.2Cu.2FH/h2*1H;;;2*1H/q;;2*+2;;/p-4. The predicted molar refractivity (Wildman–Crippen MR) is 13.9 cm³/mol. The fraction of sp³-hybridized carbons (Fsp3) is 0. The average Bonchev–Trinajstić information content (AvgIpc) is 1.39. The second-order valence-electron chi connectivity index (χ2n) is 0.0861. The molecule has 0 aromatic rings. The molecular formula is Cl2Cu2F2. The van der Waals surface area contributed by atoms with Gasteiger partial charge in [-0.1, -0.05) is 0 Å². The molecule has 0 spiro atoms. The topological polar surface area (TPSA) is 0 Å². The molecule has 0 rings (SSSR count). The minimum absolute atomic E-state index is 0.757. The maximum atomic E-state index is 9.53. The van der Waals surface area contributed by atoms with E-state index in [0.29, 0.717) is 0 Å². The Kier molecular flexibility index (Phi) is 28.0. The molecule has 6 heteroatoms. The molecule has 50 valence electrons. The Bertz CT molecular complexity index is 11.5. The third-order valence-corrected chi connectivity index (χ3v) is 0. The van der Waals surface area contributed by atoms with Gasteiger partial charge >= 0.3 is 56.3 Å². The molecule has 6 heavy (non-hydrogen) atoms. The van der Waals surface area contributed by atoms with E-state index in [9.17, 15) is 7.10 Å². The van der Waals surface area contributed by atoms with E-state index in [-0.39, 0.29) is 0 Å². The Morgan fingerprint density at radius 3 is 1.17 bits per heavy atom. The summed E-state index contributed by atoms with van der Waals surface area (Å²) in [4.78, 5) is 0. The van der Waals surface area contributed by atoms with Crippen LogP contribution in [0.2, 0.25) is 0 Å². The average molecular weight is 236 g/mol. The van der Waals surface area contributed by atoms with Crippen LogP contribution in [0.4, 0.5) is 7.10 Å². The third-order valence-electron chi connectivity index (χ3n) is 0. The monoisotopic (exact) mass is 234 g/mol. The van der Waals surface area contributed by atoms with Gasteiger partial charge in [0.25, 0.3) is 0 Å². The Morgan fingerprint density at radius 1 is 1.17 bits per heavy atom. The van der Waals surface area contributed by atoms with Crippen LogP contribution in [-0.2, 0) is 29.0 Å². The van der Waals surface area contributed by atoms with Crippen molar-refractivity contribution in [2.45, 2.75) is 0 Å². The van der Waals surface area contributed by atoms with E-state index in [1.165, 1.54) is 0 Å². The Hall–Kier alpha value is 1.48. The molecule has 0 nitrogen and oxygen atoms in total. The van der Waals surface area contributed by atoms with Gasteiger partial charge in [-0.2, -0.15) is 0 Å². The first-order chi connectivity index (χ1) is 2.83. The van der Waals surface area contributed by atoms with Crippen LogP contribution >= 0.6 is 20.2 Å². The van der Waals surface area contributed by atoms with Crippen molar-refractivity contribution in [2.24, 2.45) is 0 Å². The van der Waals surface area contributed by atoms with Gasteiger partial charge in [-0.15, -0.1) is 0 Å². The molecule has 0 aliphatic carbocycles. The van der Waals surface area contributed by atoms with Gasteiger partial charge in [0.15, 0.2) is 0 Å². The molecule has 0 saturated carbocycles. The minimum atomic E-state index is -1.19. The van der Waals surface area contributed by atoms with Crippen molar-refractivity contribution >= 4 is 20.2 Å². The van der Waals surface area contributed by atoms with Gasteiger partial charge in [-0.3, -0.25) is 0 Å². The van der Waals surface area contributed by atoms with Crippen LogP contribution in [0.25, 0.3) is 0 Å². The third kappa shape index (κ3) is 50.3. The zero-order chi connectivity index (χ0) is 5.41. The van der Waals surface area contributed by atoms with Gasteiger partial charge in [-0.05, 0) is 0 Å². The molecule has 0 unspecified atom stereocenters. The number of halogens is 4. The predicted octanol–water partition coefficient (Wildman–Crippen LogP) is 2.21. The van der Waals surface area contributed by atoms with E-state index < -0.39 is 15.9 Å². The summed E-state index contributed by atoms with van der Waals surface area (Å²) >= 11 is -0.431. The van der Waals surface area contributed by atoms with Gasteiger partial charge in [0, 0.05) is 0 Å². The molecule has 0 bridgehead atoms. The second-order valence-corrected chi connectivity index (χ2v) is 1.78. The molecule has 0 aromatic carbocycles. The number of hydrogen-bond donors (Lipinski definition) is 0. The molecule has 0 atom stereocenters. The summed E-state index contributed by atoms with van der Waals surface area (Å²) in [6, 6.07) is 0. The van der Waals surface area contributed by atoms with Crippen LogP contribution in [0.5, 0.6) is 0 Å². The van der Waals surface area contributed by atoms with Crippen LogP contribution in [0.1, 0.15) is 0 Å². The molecule has 0 amide bonds. The van der Waals surface area contributed by atoms with Crippen molar-refractivity contribution in [1.82, 2.24) is 0 Å². The SMILES string of the molecule is [Cl][Cu][Cl].[F][Cu][F]. The molecule has 0 radical (unpaired) electrons. The van der Waals surface area contributed by atoms with Gasteiger partial charge in [0.05, 0.1) is 0 Å². The van der Waals surface area contributed by atoms with Crippen LogP contribution in [0, 0.1) is 0 Å². The Morgan fingerprint density at radius 2 is 1.17 bits per heavy atom. The summed E-state index contributed by atoms with van der Waals surface area (Å²) < 4.78 is 19.1. The van der Waals surface area contributed by atoms with Crippen molar-refractivity contribution in [3.05, 3.63) is 0 Å². The summed E-state index contributed by atoms with van der Waals surface area (Å²) in [5.41, 5.74) is 0. The van der Waals surface area contributed by atoms with Crippen molar-refractivity contribution in [1.29, 1.82) is 0 Å². The molecule has 0 fully saturated rings. The van der Waals surface area contributed by atoms with E-state index in [4.69, 9.17) is 0 Å². The Labute approximate surface area is 56.3 Å².